The average molecular weight is 382 g/mol. The van der Waals surface area contributed by atoms with Crippen molar-refractivity contribution in [2.24, 2.45) is 5.92 Å². The van der Waals surface area contributed by atoms with Gasteiger partial charge in [0.15, 0.2) is 11.3 Å². The minimum absolute atomic E-state index is 0.0256. The number of carbonyl (C=O) groups is 1. The third-order valence-corrected chi connectivity index (χ3v) is 4.68. The van der Waals surface area contributed by atoms with Crippen molar-refractivity contribution >= 4 is 22.9 Å². The van der Waals surface area contributed by atoms with Crippen LogP contribution in [0.15, 0.2) is 29.8 Å². The Kier molecular flexibility index (Phi) is 4.99. The summed E-state index contributed by atoms with van der Waals surface area (Å²) in [6.07, 6.45) is -2.72. The van der Waals surface area contributed by atoms with Crippen LogP contribution in [0.1, 0.15) is 36.3 Å². The summed E-state index contributed by atoms with van der Waals surface area (Å²) in [6.45, 7) is 4.47. The van der Waals surface area contributed by atoms with Gasteiger partial charge in [-0.3, -0.25) is 4.79 Å². The Morgan fingerprint density at radius 3 is 2.77 bits per heavy atom. The summed E-state index contributed by atoms with van der Waals surface area (Å²) in [5.41, 5.74) is -0.883. The number of aromatic nitrogens is 3. The molecule has 3 aromatic heterocycles. The van der Waals surface area contributed by atoms with Crippen molar-refractivity contribution in [2.45, 2.75) is 26.4 Å². The minimum atomic E-state index is -4.62. The Morgan fingerprint density at radius 2 is 2.15 bits per heavy atom. The number of thiophene rings is 1. The van der Waals surface area contributed by atoms with Crippen molar-refractivity contribution < 1.29 is 18.0 Å². The second kappa shape index (κ2) is 7.06. The van der Waals surface area contributed by atoms with Crippen molar-refractivity contribution in [2.75, 3.05) is 6.54 Å². The lowest BCUT2D eigenvalue weighted by molar-refractivity contribution is -0.142. The van der Waals surface area contributed by atoms with Gasteiger partial charge in [0, 0.05) is 6.54 Å². The van der Waals surface area contributed by atoms with Crippen LogP contribution in [0.4, 0.5) is 13.2 Å². The lowest BCUT2D eigenvalue weighted by Gasteiger charge is -2.11. The largest absolute Gasteiger partial charge is 0.433 e. The lowest BCUT2D eigenvalue weighted by atomic mass is 10.1. The number of rotatable bonds is 5. The highest BCUT2D eigenvalue weighted by molar-refractivity contribution is 7.13. The number of fused-ring (bicyclic) bond motifs is 1. The molecule has 0 aromatic carbocycles. The van der Waals surface area contributed by atoms with E-state index in [2.05, 4.69) is 15.4 Å². The number of carbonyl (C=O) groups excluding carboxylic acids is 1. The molecule has 0 aliphatic carbocycles. The normalized spacial score (nSPS) is 12.1. The van der Waals surface area contributed by atoms with E-state index in [9.17, 15) is 18.0 Å². The summed E-state index contributed by atoms with van der Waals surface area (Å²) < 4.78 is 41.0. The summed E-state index contributed by atoms with van der Waals surface area (Å²) in [5, 5.41) is 8.21. The predicted molar refractivity (Wildman–Crippen MR) is 93.1 cm³/mol. The highest BCUT2D eigenvalue weighted by atomic mass is 32.1. The summed E-state index contributed by atoms with van der Waals surface area (Å²) >= 11 is 1.28. The molecule has 0 spiro atoms. The Hall–Kier alpha value is -2.42. The zero-order chi connectivity index (χ0) is 18.9. The molecule has 0 unspecified atom stereocenters. The van der Waals surface area contributed by atoms with E-state index in [1.165, 1.54) is 11.3 Å². The summed E-state index contributed by atoms with van der Waals surface area (Å²) in [7, 11) is 0. The Morgan fingerprint density at radius 1 is 1.38 bits per heavy atom. The highest BCUT2D eigenvalue weighted by Gasteiger charge is 2.36. The molecule has 0 aliphatic rings. The molecule has 1 amide bonds. The third kappa shape index (κ3) is 3.72. The summed E-state index contributed by atoms with van der Waals surface area (Å²) in [4.78, 5) is 17.2. The van der Waals surface area contributed by atoms with E-state index in [4.69, 9.17) is 0 Å². The van der Waals surface area contributed by atoms with Crippen LogP contribution in [0.5, 0.6) is 0 Å². The number of hydrogen-bond acceptors (Lipinski definition) is 4. The highest BCUT2D eigenvalue weighted by Crippen LogP contribution is 2.33. The number of hydrogen-bond donors (Lipinski definition) is 1. The average Bonchev–Trinajstić information content (AvgIpc) is 3.22. The standard InChI is InChI=1S/C17H17F3N4OS/c1-10(2)5-6-21-16(25)11-9-22-24-14(17(18,19)20)8-12(23-15(11)24)13-4-3-7-26-13/h3-4,7-10H,5-6H2,1-2H3,(H,21,25). The van der Waals surface area contributed by atoms with E-state index in [0.29, 0.717) is 21.9 Å². The monoisotopic (exact) mass is 382 g/mol. The Balaban J connectivity index is 2.06. The maximum atomic E-state index is 13.5. The fourth-order valence-electron chi connectivity index (χ4n) is 2.45. The topological polar surface area (TPSA) is 59.3 Å². The van der Waals surface area contributed by atoms with E-state index in [-0.39, 0.29) is 16.9 Å². The number of alkyl halides is 3. The minimum Gasteiger partial charge on any atom is -0.352 e. The van der Waals surface area contributed by atoms with Gasteiger partial charge in [0.25, 0.3) is 5.91 Å². The van der Waals surface area contributed by atoms with Crippen molar-refractivity contribution in [1.29, 1.82) is 0 Å². The van der Waals surface area contributed by atoms with E-state index in [1.54, 1.807) is 17.5 Å². The van der Waals surface area contributed by atoms with Gasteiger partial charge in [-0.15, -0.1) is 11.3 Å². The molecule has 0 saturated heterocycles. The molecule has 1 N–H and O–H groups in total. The number of halogens is 3. The van der Waals surface area contributed by atoms with Crippen LogP contribution in [0.25, 0.3) is 16.2 Å². The van der Waals surface area contributed by atoms with Crippen LogP contribution in [-0.4, -0.2) is 27.0 Å². The van der Waals surface area contributed by atoms with E-state index in [1.807, 2.05) is 13.8 Å². The van der Waals surface area contributed by atoms with E-state index >= 15 is 0 Å². The molecule has 0 aliphatic heterocycles. The zero-order valence-electron chi connectivity index (χ0n) is 14.2. The van der Waals surface area contributed by atoms with Crippen LogP contribution in [-0.2, 0) is 6.18 Å². The molecular weight excluding hydrogens is 365 g/mol. The molecule has 0 fully saturated rings. The van der Waals surface area contributed by atoms with Crippen LogP contribution < -0.4 is 5.32 Å². The zero-order valence-corrected chi connectivity index (χ0v) is 15.0. The number of nitrogens with one attached hydrogen (secondary N) is 1. The maximum Gasteiger partial charge on any atom is 0.433 e. The smallest absolute Gasteiger partial charge is 0.352 e. The summed E-state index contributed by atoms with van der Waals surface area (Å²) in [6, 6.07) is 4.36. The fourth-order valence-corrected chi connectivity index (χ4v) is 3.13. The first-order chi connectivity index (χ1) is 12.3. The first kappa shape index (κ1) is 18.4. The molecule has 0 saturated carbocycles. The molecule has 0 radical (unpaired) electrons. The summed E-state index contributed by atoms with van der Waals surface area (Å²) in [5.74, 6) is -0.0794. The molecule has 9 heteroatoms. The van der Waals surface area contributed by atoms with E-state index < -0.39 is 17.8 Å². The van der Waals surface area contributed by atoms with Gasteiger partial charge < -0.3 is 5.32 Å². The van der Waals surface area contributed by atoms with Crippen LogP contribution in [0.2, 0.25) is 0 Å². The van der Waals surface area contributed by atoms with Crippen LogP contribution in [0.3, 0.4) is 0 Å². The molecule has 0 bridgehead atoms. The molecule has 5 nitrogen and oxygen atoms in total. The molecule has 0 atom stereocenters. The van der Waals surface area contributed by atoms with Gasteiger partial charge in [-0.25, -0.2) is 9.50 Å². The molecule has 3 rings (SSSR count). The molecule has 26 heavy (non-hydrogen) atoms. The van der Waals surface area contributed by atoms with Crippen molar-refractivity contribution in [1.82, 2.24) is 19.9 Å². The van der Waals surface area contributed by atoms with Gasteiger partial charge in [-0.05, 0) is 29.9 Å². The molecular formula is C17H17F3N4OS. The first-order valence-electron chi connectivity index (χ1n) is 8.05. The fraction of sp³-hybridized carbons (Fsp3) is 0.353. The van der Waals surface area contributed by atoms with Crippen LogP contribution in [0, 0.1) is 5.92 Å². The second-order valence-corrected chi connectivity index (χ2v) is 7.18. The maximum absolute atomic E-state index is 13.5. The van der Waals surface area contributed by atoms with Gasteiger partial charge in [0.05, 0.1) is 16.8 Å². The van der Waals surface area contributed by atoms with Gasteiger partial charge in [0.1, 0.15) is 5.56 Å². The second-order valence-electron chi connectivity index (χ2n) is 6.23. The van der Waals surface area contributed by atoms with Crippen molar-refractivity contribution in [3.8, 4) is 10.6 Å². The van der Waals surface area contributed by atoms with Crippen molar-refractivity contribution in [3.05, 3.63) is 41.0 Å². The lowest BCUT2D eigenvalue weighted by Crippen LogP contribution is -2.25. The van der Waals surface area contributed by atoms with Gasteiger partial charge >= 0.3 is 6.18 Å². The Labute approximate surface area is 151 Å². The third-order valence-electron chi connectivity index (χ3n) is 3.79. The predicted octanol–water partition coefficient (Wildman–Crippen LogP) is 4.25. The van der Waals surface area contributed by atoms with Gasteiger partial charge in [-0.2, -0.15) is 18.3 Å². The van der Waals surface area contributed by atoms with Gasteiger partial charge in [0.2, 0.25) is 0 Å². The number of amides is 1. The Bertz CT molecular complexity index is 916. The SMILES string of the molecule is CC(C)CCNC(=O)c1cnn2c(C(F)(F)F)cc(-c3cccs3)nc12. The first-order valence-corrected chi connectivity index (χ1v) is 8.93. The van der Waals surface area contributed by atoms with Crippen LogP contribution >= 0.6 is 11.3 Å². The quantitative estimate of drug-likeness (QED) is 0.718. The molecule has 3 aromatic rings. The number of nitrogens with zero attached hydrogens (tertiary/aromatic N) is 3. The van der Waals surface area contributed by atoms with E-state index in [0.717, 1.165) is 18.7 Å². The van der Waals surface area contributed by atoms with Gasteiger partial charge in [-0.1, -0.05) is 19.9 Å². The molecule has 138 valence electrons. The van der Waals surface area contributed by atoms with Crippen molar-refractivity contribution in [3.63, 3.8) is 0 Å². The molecule has 3 heterocycles.